The summed E-state index contributed by atoms with van der Waals surface area (Å²) >= 11 is 1.79. The average Bonchev–Trinajstić information content (AvgIpc) is 2.97. The van der Waals surface area contributed by atoms with E-state index in [1.54, 1.807) is 11.8 Å². The summed E-state index contributed by atoms with van der Waals surface area (Å²) in [6.07, 6.45) is 0. The first-order chi connectivity index (χ1) is 8.27. The molecule has 17 heavy (non-hydrogen) atoms. The molecule has 1 saturated heterocycles. The van der Waals surface area contributed by atoms with Crippen LogP contribution in [0, 0.1) is 0 Å². The van der Waals surface area contributed by atoms with Crippen LogP contribution in [0.15, 0.2) is 24.3 Å². The van der Waals surface area contributed by atoms with Gasteiger partial charge in [0.2, 0.25) is 5.91 Å². The first-order valence-corrected chi connectivity index (χ1v) is 7.14. The fourth-order valence-corrected chi connectivity index (χ4v) is 3.50. The first kappa shape index (κ1) is 11.1. The molecule has 1 aromatic carbocycles. The number of hydrogen-bond acceptors (Lipinski definition) is 3. The number of carbonyl (C=O) groups excluding carboxylic acids is 1. The number of fused-ring (bicyclic) bond motifs is 1. The molecule has 1 N–H and O–H groups in total. The highest BCUT2D eigenvalue weighted by atomic mass is 32.2. The van der Waals surface area contributed by atoms with Crippen LogP contribution in [0.25, 0.3) is 0 Å². The molecule has 0 spiro atoms. The van der Waals surface area contributed by atoms with Crippen LogP contribution in [0.4, 0.5) is 5.69 Å². The smallest absolute Gasteiger partial charge is 0.245 e. The molecule has 2 aliphatic rings. The summed E-state index contributed by atoms with van der Waals surface area (Å²) in [5, 5.41) is 3.25. The average molecular weight is 248 g/mol. The summed E-state index contributed by atoms with van der Waals surface area (Å²) in [4.78, 5) is 14.4. The number of nitrogens with one attached hydrogen (secondary N) is 1. The van der Waals surface area contributed by atoms with Crippen LogP contribution >= 0.6 is 11.8 Å². The zero-order valence-corrected chi connectivity index (χ0v) is 10.7. The van der Waals surface area contributed by atoms with Gasteiger partial charge in [-0.3, -0.25) is 10.1 Å². The predicted octanol–water partition coefficient (Wildman–Crippen LogP) is 1.80. The minimum Gasteiger partial charge on any atom is -0.310 e. The van der Waals surface area contributed by atoms with Crippen molar-refractivity contribution in [3.05, 3.63) is 29.8 Å². The van der Waals surface area contributed by atoms with Gasteiger partial charge in [-0.2, -0.15) is 0 Å². The van der Waals surface area contributed by atoms with Crippen molar-refractivity contribution in [2.45, 2.75) is 18.9 Å². The zero-order valence-electron chi connectivity index (χ0n) is 9.85. The number of rotatable bonds is 1. The van der Waals surface area contributed by atoms with E-state index in [4.69, 9.17) is 0 Å². The number of para-hydroxylation sites is 1. The van der Waals surface area contributed by atoms with E-state index >= 15 is 0 Å². The Morgan fingerprint density at radius 1 is 1.47 bits per heavy atom. The Kier molecular flexibility index (Phi) is 2.84. The fourth-order valence-electron chi connectivity index (χ4n) is 2.57. The second-order valence-electron chi connectivity index (χ2n) is 4.68. The van der Waals surface area contributed by atoms with Crippen molar-refractivity contribution in [3.63, 3.8) is 0 Å². The molecular formula is C13H16N2OS. The van der Waals surface area contributed by atoms with Gasteiger partial charge in [-0.15, -0.1) is 11.8 Å². The van der Waals surface area contributed by atoms with Gasteiger partial charge >= 0.3 is 0 Å². The zero-order chi connectivity index (χ0) is 11.8. The van der Waals surface area contributed by atoms with Gasteiger partial charge in [0.15, 0.2) is 0 Å². The largest absolute Gasteiger partial charge is 0.310 e. The van der Waals surface area contributed by atoms with Gasteiger partial charge in [0.05, 0.1) is 6.04 Å². The Morgan fingerprint density at radius 2 is 2.29 bits per heavy atom. The Balaban J connectivity index is 1.88. The fraction of sp³-hybridized carbons (Fsp3) is 0.462. The molecule has 0 saturated carbocycles. The third-order valence-electron chi connectivity index (χ3n) is 3.50. The maximum Gasteiger partial charge on any atom is 0.245 e. The summed E-state index contributed by atoms with van der Waals surface area (Å²) < 4.78 is 0. The molecule has 0 unspecified atom stereocenters. The highest BCUT2D eigenvalue weighted by molar-refractivity contribution is 7.99. The van der Waals surface area contributed by atoms with E-state index in [0.717, 1.165) is 23.9 Å². The van der Waals surface area contributed by atoms with E-state index in [0.29, 0.717) is 5.92 Å². The topological polar surface area (TPSA) is 32.3 Å². The Labute approximate surface area is 106 Å². The Morgan fingerprint density at radius 3 is 3.06 bits per heavy atom. The Bertz CT molecular complexity index is 443. The third kappa shape index (κ3) is 1.85. The van der Waals surface area contributed by atoms with Crippen molar-refractivity contribution in [2.75, 3.05) is 23.1 Å². The van der Waals surface area contributed by atoms with E-state index in [9.17, 15) is 4.79 Å². The van der Waals surface area contributed by atoms with Gasteiger partial charge < -0.3 is 4.90 Å². The van der Waals surface area contributed by atoms with Crippen LogP contribution in [0.5, 0.6) is 0 Å². The van der Waals surface area contributed by atoms with Crippen LogP contribution in [-0.4, -0.2) is 30.1 Å². The molecule has 1 fully saturated rings. The number of thioether (sulfide) groups is 1. The van der Waals surface area contributed by atoms with Gasteiger partial charge in [-0.05, 0) is 11.6 Å². The molecular weight excluding hydrogens is 232 g/mol. The van der Waals surface area contributed by atoms with Crippen molar-refractivity contribution >= 4 is 23.4 Å². The van der Waals surface area contributed by atoms with Gasteiger partial charge in [0, 0.05) is 29.8 Å². The first-order valence-electron chi connectivity index (χ1n) is 5.99. The minimum atomic E-state index is -0.00152. The third-order valence-corrected chi connectivity index (χ3v) is 4.44. The molecule has 2 aliphatic heterocycles. The van der Waals surface area contributed by atoms with E-state index in [1.165, 1.54) is 5.56 Å². The summed E-state index contributed by atoms with van der Waals surface area (Å²) in [6, 6.07) is 8.24. The second-order valence-corrected chi connectivity index (χ2v) is 5.71. The minimum absolute atomic E-state index is 0.00152. The molecule has 1 aromatic rings. The van der Waals surface area contributed by atoms with Crippen molar-refractivity contribution in [1.29, 1.82) is 0 Å². The lowest BCUT2D eigenvalue weighted by molar-refractivity contribution is -0.119. The summed E-state index contributed by atoms with van der Waals surface area (Å²) in [5.74, 6) is 2.46. The second kappa shape index (κ2) is 4.35. The van der Waals surface area contributed by atoms with Crippen LogP contribution in [-0.2, 0) is 4.79 Å². The van der Waals surface area contributed by atoms with Crippen LogP contribution in [0.3, 0.4) is 0 Å². The number of benzene rings is 1. The number of carbonyl (C=O) groups is 1. The maximum absolute atomic E-state index is 12.4. The predicted molar refractivity (Wildman–Crippen MR) is 71.5 cm³/mol. The lowest BCUT2D eigenvalue weighted by Crippen LogP contribution is -2.44. The van der Waals surface area contributed by atoms with Crippen molar-refractivity contribution in [3.8, 4) is 0 Å². The van der Waals surface area contributed by atoms with Crippen LogP contribution in [0.2, 0.25) is 0 Å². The molecule has 0 bridgehead atoms. The lowest BCUT2D eigenvalue weighted by atomic mass is 10.0. The summed E-state index contributed by atoms with van der Waals surface area (Å²) in [7, 11) is 0. The number of anilines is 1. The molecule has 0 aliphatic carbocycles. The van der Waals surface area contributed by atoms with Crippen LogP contribution in [0.1, 0.15) is 18.4 Å². The van der Waals surface area contributed by atoms with Gasteiger partial charge in [-0.1, -0.05) is 25.1 Å². The quantitative estimate of drug-likeness (QED) is 0.822. The molecule has 2 heterocycles. The Hall–Kier alpha value is -1.00. The monoisotopic (exact) mass is 248 g/mol. The lowest BCUT2D eigenvalue weighted by Gasteiger charge is -2.21. The number of amides is 1. The highest BCUT2D eigenvalue weighted by Gasteiger charge is 2.34. The highest BCUT2D eigenvalue weighted by Crippen LogP contribution is 2.36. The van der Waals surface area contributed by atoms with Crippen molar-refractivity contribution < 1.29 is 4.79 Å². The molecule has 0 radical (unpaired) electrons. The molecule has 3 nitrogen and oxygen atoms in total. The molecule has 4 heteroatoms. The molecule has 1 amide bonds. The van der Waals surface area contributed by atoms with E-state index < -0.39 is 0 Å². The standard InChI is InChI=1S/C13H16N2OS/c1-9-6-15(12-5-3-2-4-10(9)12)13(16)11-7-17-8-14-11/h2-5,9,11,14H,6-8H2,1H3/t9-,11-/m1/s1. The van der Waals surface area contributed by atoms with E-state index in [-0.39, 0.29) is 11.9 Å². The SMILES string of the molecule is C[C@@H]1CN(C(=O)[C@H]2CSCN2)c2ccccc21. The summed E-state index contributed by atoms with van der Waals surface area (Å²) in [6.45, 7) is 3.00. The van der Waals surface area contributed by atoms with Crippen LogP contribution < -0.4 is 10.2 Å². The number of nitrogens with zero attached hydrogens (tertiary/aromatic N) is 1. The van der Waals surface area contributed by atoms with Gasteiger partial charge in [0.1, 0.15) is 0 Å². The van der Waals surface area contributed by atoms with Gasteiger partial charge in [-0.25, -0.2) is 0 Å². The van der Waals surface area contributed by atoms with Gasteiger partial charge in [0.25, 0.3) is 0 Å². The molecule has 3 rings (SSSR count). The van der Waals surface area contributed by atoms with E-state index in [1.807, 2.05) is 17.0 Å². The molecule has 0 aromatic heterocycles. The normalized spacial score (nSPS) is 27.2. The van der Waals surface area contributed by atoms with Crippen molar-refractivity contribution in [2.24, 2.45) is 0 Å². The van der Waals surface area contributed by atoms with E-state index in [2.05, 4.69) is 24.4 Å². The number of hydrogen-bond donors (Lipinski definition) is 1. The summed E-state index contributed by atoms with van der Waals surface area (Å²) in [5.41, 5.74) is 2.40. The maximum atomic E-state index is 12.4. The molecule has 2 atom stereocenters. The van der Waals surface area contributed by atoms with Crippen molar-refractivity contribution in [1.82, 2.24) is 5.32 Å². The molecule has 90 valence electrons.